The fourth-order valence-corrected chi connectivity index (χ4v) is 3.37. The molecule has 2 aromatic heterocycles. The van der Waals surface area contributed by atoms with E-state index in [0.717, 1.165) is 5.33 Å². The number of thiophene rings is 2. The van der Waals surface area contributed by atoms with Gasteiger partial charge in [0.25, 0.3) is 0 Å². The maximum atomic E-state index is 3.46. The molecule has 2 aromatic rings. The van der Waals surface area contributed by atoms with Gasteiger partial charge >= 0.3 is 0 Å². The molecular formula is C11H11BrS2. The van der Waals surface area contributed by atoms with Crippen LogP contribution < -0.4 is 0 Å². The van der Waals surface area contributed by atoms with Crippen LogP contribution in [0.1, 0.15) is 11.3 Å². The van der Waals surface area contributed by atoms with Gasteiger partial charge in [0.15, 0.2) is 0 Å². The topological polar surface area (TPSA) is 0 Å². The van der Waals surface area contributed by atoms with Gasteiger partial charge in [-0.1, -0.05) is 15.9 Å². The van der Waals surface area contributed by atoms with Gasteiger partial charge in [0.05, 0.1) is 0 Å². The molecule has 0 bridgehead atoms. The zero-order valence-corrected chi connectivity index (χ0v) is 10.9. The van der Waals surface area contributed by atoms with E-state index in [0.29, 0.717) is 0 Å². The normalized spacial score (nSPS) is 10.6. The van der Waals surface area contributed by atoms with E-state index < -0.39 is 0 Å². The molecule has 0 spiro atoms. The van der Waals surface area contributed by atoms with Crippen molar-refractivity contribution in [3.63, 3.8) is 0 Å². The molecule has 0 N–H and O–H groups in total. The Morgan fingerprint density at radius 2 is 2.14 bits per heavy atom. The lowest BCUT2D eigenvalue weighted by molar-refractivity contribution is 0.959. The van der Waals surface area contributed by atoms with Crippen molar-refractivity contribution in [1.82, 2.24) is 0 Å². The second kappa shape index (κ2) is 5.10. The van der Waals surface area contributed by atoms with E-state index in [1.807, 2.05) is 11.3 Å². The van der Waals surface area contributed by atoms with Crippen molar-refractivity contribution in [3.05, 3.63) is 33.8 Å². The number of rotatable bonds is 4. The molecular weight excluding hydrogens is 276 g/mol. The first-order valence-electron chi connectivity index (χ1n) is 4.57. The Bertz CT molecular complexity index is 376. The third-order valence-corrected chi connectivity index (χ3v) is 4.46. The molecule has 0 saturated heterocycles. The minimum Gasteiger partial charge on any atom is -0.152 e. The first kappa shape index (κ1) is 10.4. The van der Waals surface area contributed by atoms with Gasteiger partial charge in [-0.2, -0.15) is 11.3 Å². The molecule has 0 aromatic carbocycles. The zero-order chi connectivity index (χ0) is 9.80. The predicted octanol–water partition coefficient (Wildman–Crippen LogP) is 4.80. The van der Waals surface area contributed by atoms with Crippen LogP contribution in [0.25, 0.3) is 10.4 Å². The minimum absolute atomic E-state index is 1.10. The Hall–Kier alpha value is -0.120. The van der Waals surface area contributed by atoms with Gasteiger partial charge in [-0.25, -0.2) is 0 Å². The third-order valence-electron chi connectivity index (χ3n) is 2.02. The molecule has 2 rings (SSSR count). The van der Waals surface area contributed by atoms with E-state index >= 15 is 0 Å². The van der Waals surface area contributed by atoms with Crippen LogP contribution in [-0.2, 0) is 6.42 Å². The summed E-state index contributed by atoms with van der Waals surface area (Å²) in [7, 11) is 0. The van der Waals surface area contributed by atoms with E-state index in [4.69, 9.17) is 0 Å². The molecule has 0 aliphatic heterocycles. The molecule has 14 heavy (non-hydrogen) atoms. The molecule has 0 aliphatic carbocycles. The molecule has 0 aliphatic rings. The average molecular weight is 287 g/mol. The summed E-state index contributed by atoms with van der Waals surface area (Å²) in [5, 5.41) is 5.44. The molecule has 0 atom stereocenters. The maximum absolute atomic E-state index is 3.46. The van der Waals surface area contributed by atoms with Crippen LogP contribution in [0, 0.1) is 0 Å². The van der Waals surface area contributed by atoms with E-state index in [1.165, 1.54) is 28.2 Å². The standard InChI is InChI=1S/C11H11BrS2/c12-6-1-2-10-3-4-11(14-10)9-5-7-13-8-9/h3-5,7-8H,1-2,6H2. The Kier molecular flexibility index (Phi) is 3.79. The van der Waals surface area contributed by atoms with Crippen LogP contribution in [-0.4, -0.2) is 5.33 Å². The molecule has 0 unspecified atom stereocenters. The largest absolute Gasteiger partial charge is 0.152 e. The first-order chi connectivity index (χ1) is 6.90. The van der Waals surface area contributed by atoms with E-state index in [-0.39, 0.29) is 0 Å². The van der Waals surface area contributed by atoms with Crippen LogP contribution in [0.3, 0.4) is 0 Å². The number of hydrogen-bond donors (Lipinski definition) is 0. The molecule has 0 amide bonds. The summed E-state index contributed by atoms with van der Waals surface area (Å²) in [6.07, 6.45) is 2.42. The van der Waals surface area contributed by atoms with Crippen LogP contribution in [0.4, 0.5) is 0 Å². The van der Waals surface area contributed by atoms with Gasteiger partial charge in [0.2, 0.25) is 0 Å². The van der Waals surface area contributed by atoms with Gasteiger partial charge in [-0.05, 0) is 41.8 Å². The fraction of sp³-hybridized carbons (Fsp3) is 0.273. The number of halogens is 1. The van der Waals surface area contributed by atoms with Crippen molar-refractivity contribution in [2.24, 2.45) is 0 Å². The Balaban J connectivity index is 2.10. The monoisotopic (exact) mass is 286 g/mol. The van der Waals surface area contributed by atoms with Gasteiger partial charge in [0, 0.05) is 20.6 Å². The number of hydrogen-bond acceptors (Lipinski definition) is 2. The molecule has 0 radical (unpaired) electrons. The summed E-state index contributed by atoms with van der Waals surface area (Å²) in [6, 6.07) is 6.67. The summed E-state index contributed by atoms with van der Waals surface area (Å²) in [4.78, 5) is 2.89. The lowest BCUT2D eigenvalue weighted by Crippen LogP contribution is -1.79. The Morgan fingerprint density at radius 3 is 2.86 bits per heavy atom. The molecule has 2 heterocycles. The lowest BCUT2D eigenvalue weighted by atomic mass is 10.2. The summed E-state index contributed by atoms with van der Waals surface area (Å²) < 4.78 is 0. The highest BCUT2D eigenvalue weighted by Gasteiger charge is 2.02. The summed E-state index contributed by atoms with van der Waals surface area (Å²) in [5.74, 6) is 0. The van der Waals surface area contributed by atoms with Crippen molar-refractivity contribution in [1.29, 1.82) is 0 Å². The highest BCUT2D eigenvalue weighted by molar-refractivity contribution is 9.09. The van der Waals surface area contributed by atoms with E-state index in [2.05, 4.69) is 44.9 Å². The Labute approximate surface area is 101 Å². The van der Waals surface area contributed by atoms with Crippen molar-refractivity contribution < 1.29 is 0 Å². The second-order valence-electron chi connectivity index (χ2n) is 3.07. The van der Waals surface area contributed by atoms with Crippen molar-refractivity contribution >= 4 is 38.6 Å². The molecule has 0 saturated carbocycles. The van der Waals surface area contributed by atoms with E-state index in [9.17, 15) is 0 Å². The highest BCUT2D eigenvalue weighted by Crippen LogP contribution is 2.30. The van der Waals surface area contributed by atoms with E-state index in [1.54, 1.807) is 11.3 Å². The predicted molar refractivity (Wildman–Crippen MR) is 69.7 cm³/mol. The first-order valence-corrected chi connectivity index (χ1v) is 7.45. The Morgan fingerprint density at radius 1 is 1.21 bits per heavy atom. The highest BCUT2D eigenvalue weighted by atomic mass is 79.9. The van der Waals surface area contributed by atoms with Gasteiger partial charge in [0.1, 0.15) is 0 Å². The lowest BCUT2D eigenvalue weighted by Gasteiger charge is -1.92. The maximum Gasteiger partial charge on any atom is 0.0353 e. The summed E-state index contributed by atoms with van der Waals surface area (Å²) >= 11 is 7.14. The second-order valence-corrected chi connectivity index (χ2v) is 5.81. The van der Waals surface area contributed by atoms with Crippen LogP contribution in [0.5, 0.6) is 0 Å². The van der Waals surface area contributed by atoms with Gasteiger partial charge in [-0.15, -0.1) is 11.3 Å². The van der Waals surface area contributed by atoms with Gasteiger partial charge < -0.3 is 0 Å². The summed E-state index contributed by atoms with van der Waals surface area (Å²) in [6.45, 7) is 0. The average Bonchev–Trinajstić information content (AvgIpc) is 2.85. The zero-order valence-electron chi connectivity index (χ0n) is 7.70. The number of alkyl halides is 1. The fourth-order valence-electron chi connectivity index (χ4n) is 1.31. The molecule has 0 nitrogen and oxygen atoms in total. The molecule has 74 valence electrons. The smallest absolute Gasteiger partial charge is 0.0353 e. The molecule has 0 fully saturated rings. The minimum atomic E-state index is 1.10. The van der Waals surface area contributed by atoms with Crippen LogP contribution in [0.15, 0.2) is 29.0 Å². The van der Waals surface area contributed by atoms with Crippen molar-refractivity contribution in [2.75, 3.05) is 5.33 Å². The summed E-state index contributed by atoms with van der Waals surface area (Å²) in [5.41, 5.74) is 1.37. The van der Waals surface area contributed by atoms with Crippen molar-refractivity contribution in [2.45, 2.75) is 12.8 Å². The number of aryl methyl sites for hydroxylation is 1. The quantitative estimate of drug-likeness (QED) is 0.708. The SMILES string of the molecule is BrCCCc1ccc(-c2ccsc2)s1. The third kappa shape index (κ3) is 2.47. The van der Waals surface area contributed by atoms with Crippen LogP contribution >= 0.6 is 38.6 Å². The van der Waals surface area contributed by atoms with Crippen molar-refractivity contribution in [3.8, 4) is 10.4 Å². The van der Waals surface area contributed by atoms with Gasteiger partial charge in [-0.3, -0.25) is 0 Å². The molecule has 3 heteroatoms. The van der Waals surface area contributed by atoms with Crippen LogP contribution in [0.2, 0.25) is 0 Å².